The third-order valence-corrected chi connectivity index (χ3v) is 3.08. The van der Waals surface area contributed by atoms with Crippen LogP contribution in [-0.2, 0) is 9.53 Å². The number of hydrogen-bond donors (Lipinski definition) is 3. The molecule has 0 aliphatic heterocycles. The number of carbonyl (C=O) groups is 2. The van der Waals surface area contributed by atoms with Crippen molar-refractivity contribution in [3.05, 3.63) is 23.9 Å². The number of aliphatic carboxylic acids is 1. The molecule has 122 valence electrons. The van der Waals surface area contributed by atoms with E-state index in [0.29, 0.717) is 31.0 Å². The lowest BCUT2D eigenvalue weighted by atomic mass is 10.1. The highest BCUT2D eigenvalue weighted by Crippen LogP contribution is 2.10. The molecule has 1 atom stereocenters. The van der Waals surface area contributed by atoms with Gasteiger partial charge in [0.05, 0.1) is 12.2 Å². The lowest BCUT2D eigenvalue weighted by molar-refractivity contribution is -0.138. The number of rotatable bonds is 10. The number of hydrogen-bond acceptors (Lipinski definition) is 5. The van der Waals surface area contributed by atoms with Crippen molar-refractivity contribution in [1.82, 2.24) is 10.3 Å². The lowest BCUT2D eigenvalue weighted by Gasteiger charge is -2.14. The number of nitrogens with zero attached hydrogens (tertiary/aromatic N) is 1. The summed E-state index contributed by atoms with van der Waals surface area (Å²) in [6.07, 6.45) is 3.71. The summed E-state index contributed by atoms with van der Waals surface area (Å²) in [5.41, 5.74) is 0.419. The van der Waals surface area contributed by atoms with Crippen molar-refractivity contribution in [1.29, 1.82) is 0 Å². The van der Waals surface area contributed by atoms with Gasteiger partial charge < -0.3 is 20.5 Å². The highest BCUT2D eigenvalue weighted by Gasteiger charge is 2.17. The molecular formula is C15H23N3O4. The van der Waals surface area contributed by atoms with E-state index >= 15 is 0 Å². The molecule has 1 amide bonds. The Bertz CT molecular complexity index is 476. The summed E-state index contributed by atoms with van der Waals surface area (Å²) in [5, 5.41) is 14.7. The first kappa shape index (κ1) is 17.9. The summed E-state index contributed by atoms with van der Waals surface area (Å²) in [6.45, 7) is 2.87. The van der Waals surface area contributed by atoms with Crippen LogP contribution in [0.5, 0.6) is 0 Å². The topological polar surface area (TPSA) is 101 Å². The monoisotopic (exact) mass is 309 g/mol. The van der Waals surface area contributed by atoms with Crippen LogP contribution in [0.2, 0.25) is 0 Å². The van der Waals surface area contributed by atoms with E-state index in [1.54, 1.807) is 19.2 Å². The number of unbranched alkanes of at least 4 members (excludes halogenated alkanes) is 1. The Kier molecular flexibility index (Phi) is 7.91. The van der Waals surface area contributed by atoms with Crippen molar-refractivity contribution >= 4 is 17.7 Å². The standard InChI is InChI=1S/C15H23N3O4/c1-3-4-5-12(15(20)21)18-13-7-6-11(10-17-13)14(19)16-8-9-22-2/h6-7,10,12H,3-5,8-9H2,1-2H3,(H,16,19)(H,17,18)(H,20,21). The van der Waals surface area contributed by atoms with E-state index in [0.717, 1.165) is 12.8 Å². The SMILES string of the molecule is CCCCC(Nc1ccc(C(=O)NCCOC)cn1)C(=O)O. The molecule has 0 aliphatic carbocycles. The summed E-state index contributed by atoms with van der Waals surface area (Å²) >= 11 is 0. The van der Waals surface area contributed by atoms with E-state index < -0.39 is 12.0 Å². The van der Waals surface area contributed by atoms with Crippen molar-refractivity contribution in [3.63, 3.8) is 0 Å². The van der Waals surface area contributed by atoms with Crippen LogP contribution in [0.1, 0.15) is 36.5 Å². The first-order valence-corrected chi connectivity index (χ1v) is 7.31. The molecular weight excluding hydrogens is 286 g/mol. The first-order valence-electron chi connectivity index (χ1n) is 7.31. The third-order valence-electron chi connectivity index (χ3n) is 3.08. The quantitative estimate of drug-likeness (QED) is 0.566. The van der Waals surface area contributed by atoms with Gasteiger partial charge in [0, 0.05) is 19.9 Å². The number of carboxylic acid groups (broad SMARTS) is 1. The Morgan fingerprint density at radius 2 is 2.18 bits per heavy atom. The summed E-state index contributed by atoms with van der Waals surface area (Å²) < 4.78 is 4.85. The Morgan fingerprint density at radius 3 is 2.73 bits per heavy atom. The van der Waals surface area contributed by atoms with Crippen molar-refractivity contribution in [2.75, 3.05) is 25.6 Å². The van der Waals surface area contributed by atoms with Gasteiger partial charge in [-0.1, -0.05) is 19.8 Å². The second-order valence-corrected chi connectivity index (χ2v) is 4.86. The Morgan fingerprint density at radius 1 is 1.41 bits per heavy atom. The zero-order valence-corrected chi connectivity index (χ0v) is 13.0. The third kappa shape index (κ3) is 6.09. The minimum Gasteiger partial charge on any atom is -0.480 e. The highest BCUT2D eigenvalue weighted by molar-refractivity contribution is 5.94. The van der Waals surface area contributed by atoms with E-state index in [9.17, 15) is 9.59 Å². The van der Waals surface area contributed by atoms with Crippen LogP contribution in [0.3, 0.4) is 0 Å². The molecule has 1 rings (SSSR count). The van der Waals surface area contributed by atoms with E-state index in [1.165, 1.54) is 6.20 Å². The van der Waals surface area contributed by atoms with Gasteiger partial charge in [-0.2, -0.15) is 0 Å². The predicted molar refractivity (Wildman–Crippen MR) is 83.0 cm³/mol. The number of nitrogens with one attached hydrogen (secondary N) is 2. The number of carboxylic acids is 1. The van der Waals surface area contributed by atoms with Crippen LogP contribution in [0, 0.1) is 0 Å². The fraction of sp³-hybridized carbons (Fsp3) is 0.533. The molecule has 0 aromatic carbocycles. The Balaban J connectivity index is 2.59. The van der Waals surface area contributed by atoms with Gasteiger partial charge in [0.1, 0.15) is 11.9 Å². The summed E-state index contributed by atoms with van der Waals surface area (Å²) in [4.78, 5) is 27.0. The van der Waals surface area contributed by atoms with Crippen molar-refractivity contribution in [2.45, 2.75) is 32.2 Å². The molecule has 0 fully saturated rings. The molecule has 0 bridgehead atoms. The number of anilines is 1. The van der Waals surface area contributed by atoms with Gasteiger partial charge >= 0.3 is 5.97 Å². The molecule has 3 N–H and O–H groups in total. The predicted octanol–water partition coefficient (Wildman–Crippen LogP) is 1.51. The summed E-state index contributed by atoms with van der Waals surface area (Å²) in [7, 11) is 1.56. The maximum absolute atomic E-state index is 11.8. The maximum atomic E-state index is 11.8. The van der Waals surface area contributed by atoms with Gasteiger partial charge in [0.2, 0.25) is 0 Å². The molecule has 7 nitrogen and oxygen atoms in total. The second kappa shape index (κ2) is 9.73. The molecule has 1 aromatic heterocycles. The number of ether oxygens (including phenoxy) is 1. The van der Waals surface area contributed by atoms with Crippen LogP contribution in [0.15, 0.2) is 18.3 Å². The Hall–Kier alpha value is -2.15. The van der Waals surface area contributed by atoms with E-state index in [2.05, 4.69) is 15.6 Å². The van der Waals surface area contributed by atoms with E-state index in [-0.39, 0.29) is 5.91 Å². The summed E-state index contributed by atoms with van der Waals surface area (Å²) in [6, 6.07) is 2.54. The number of methoxy groups -OCH3 is 1. The fourth-order valence-electron chi connectivity index (χ4n) is 1.83. The molecule has 7 heteroatoms. The zero-order valence-electron chi connectivity index (χ0n) is 13.0. The second-order valence-electron chi connectivity index (χ2n) is 4.86. The average Bonchev–Trinajstić information content (AvgIpc) is 2.51. The Labute approximate surface area is 130 Å². The fourth-order valence-corrected chi connectivity index (χ4v) is 1.83. The smallest absolute Gasteiger partial charge is 0.326 e. The van der Waals surface area contributed by atoms with Crippen LogP contribution >= 0.6 is 0 Å². The molecule has 0 radical (unpaired) electrons. The van der Waals surface area contributed by atoms with E-state index in [1.807, 2.05) is 6.92 Å². The van der Waals surface area contributed by atoms with Gasteiger partial charge in [-0.15, -0.1) is 0 Å². The number of carbonyl (C=O) groups excluding carboxylic acids is 1. The average molecular weight is 309 g/mol. The minimum atomic E-state index is -0.906. The molecule has 22 heavy (non-hydrogen) atoms. The van der Waals surface area contributed by atoms with Crippen molar-refractivity contribution < 1.29 is 19.4 Å². The molecule has 0 aliphatic rings. The number of amides is 1. The van der Waals surface area contributed by atoms with Crippen molar-refractivity contribution in [2.24, 2.45) is 0 Å². The van der Waals surface area contributed by atoms with Crippen LogP contribution in [-0.4, -0.2) is 48.3 Å². The summed E-state index contributed by atoms with van der Waals surface area (Å²) in [5.74, 6) is -0.703. The van der Waals surface area contributed by atoms with Gasteiger partial charge in [-0.25, -0.2) is 9.78 Å². The molecule has 1 heterocycles. The van der Waals surface area contributed by atoms with Crippen LogP contribution < -0.4 is 10.6 Å². The van der Waals surface area contributed by atoms with Gasteiger partial charge in [-0.3, -0.25) is 4.79 Å². The number of aromatic nitrogens is 1. The zero-order chi connectivity index (χ0) is 16.4. The van der Waals surface area contributed by atoms with Gasteiger partial charge in [0.25, 0.3) is 5.91 Å². The van der Waals surface area contributed by atoms with Crippen LogP contribution in [0.4, 0.5) is 5.82 Å². The molecule has 0 spiro atoms. The molecule has 1 aromatic rings. The number of pyridine rings is 1. The lowest BCUT2D eigenvalue weighted by Crippen LogP contribution is -2.30. The van der Waals surface area contributed by atoms with E-state index in [4.69, 9.17) is 9.84 Å². The molecule has 0 saturated carbocycles. The van der Waals surface area contributed by atoms with Gasteiger partial charge in [-0.05, 0) is 18.6 Å². The molecule has 1 unspecified atom stereocenters. The van der Waals surface area contributed by atoms with Gasteiger partial charge in [0.15, 0.2) is 0 Å². The van der Waals surface area contributed by atoms with Crippen molar-refractivity contribution in [3.8, 4) is 0 Å². The van der Waals surface area contributed by atoms with Crippen LogP contribution in [0.25, 0.3) is 0 Å². The maximum Gasteiger partial charge on any atom is 0.326 e. The highest BCUT2D eigenvalue weighted by atomic mass is 16.5. The normalized spacial score (nSPS) is 11.7. The first-order chi connectivity index (χ1) is 10.6. The minimum absolute atomic E-state index is 0.239. The molecule has 0 saturated heterocycles. The largest absolute Gasteiger partial charge is 0.480 e.